The Labute approximate surface area is 220 Å². The number of rotatable bonds is 3. The van der Waals surface area contributed by atoms with E-state index in [1.54, 1.807) is 67.6 Å². The molecule has 2 amide bonds. The molecule has 39 heavy (non-hydrogen) atoms. The maximum absolute atomic E-state index is 14.7. The van der Waals surface area contributed by atoms with Gasteiger partial charge in [-0.05, 0) is 49.7 Å². The van der Waals surface area contributed by atoms with Crippen LogP contribution in [-0.2, 0) is 16.9 Å². The number of carbonyl (C=O) groups is 2. The van der Waals surface area contributed by atoms with Gasteiger partial charge in [0.25, 0.3) is 11.8 Å². The van der Waals surface area contributed by atoms with Crippen molar-refractivity contribution in [3.8, 4) is 0 Å². The molecule has 9 heteroatoms. The summed E-state index contributed by atoms with van der Waals surface area (Å²) in [5, 5.41) is 4.33. The molecule has 2 aliphatic heterocycles. The Hall–Kier alpha value is -5.05. The van der Waals surface area contributed by atoms with Crippen LogP contribution in [0.25, 0.3) is 11.0 Å². The van der Waals surface area contributed by atoms with Gasteiger partial charge in [0.1, 0.15) is 17.2 Å². The molecule has 0 aliphatic carbocycles. The Morgan fingerprint density at radius 1 is 0.949 bits per heavy atom. The van der Waals surface area contributed by atoms with E-state index in [9.17, 15) is 18.8 Å². The highest BCUT2D eigenvalue weighted by atomic mass is 19.1. The van der Waals surface area contributed by atoms with Gasteiger partial charge in [-0.3, -0.25) is 19.3 Å². The third-order valence-corrected chi connectivity index (χ3v) is 7.38. The van der Waals surface area contributed by atoms with Crippen molar-refractivity contribution in [1.29, 1.82) is 0 Å². The molecule has 2 aliphatic rings. The zero-order chi connectivity index (χ0) is 27.1. The fourth-order valence-electron chi connectivity index (χ4n) is 5.71. The summed E-state index contributed by atoms with van der Waals surface area (Å²) in [5.41, 5.74) is 0.270. The molecule has 1 unspecified atom stereocenters. The number of hydrogen-bond acceptors (Lipinski definition) is 6. The van der Waals surface area contributed by atoms with Crippen LogP contribution in [0.15, 0.2) is 86.5 Å². The molecule has 0 bridgehead atoms. The standard InChI is InChI=1S/C30H20FN3O5/c1-16-7-12-23-20(13-16)26(35)25-27(38-23)28(36)34(24-14-17(2)39-32-24)30(25)21-5-3-4-6-22(21)33(29(30)37)15-18-8-10-19(31)11-9-18/h3-14H,15H2,1-2H3. The van der Waals surface area contributed by atoms with Crippen molar-refractivity contribution in [3.05, 3.63) is 123 Å². The molecule has 7 rings (SSSR count). The van der Waals surface area contributed by atoms with Crippen molar-refractivity contribution in [2.45, 2.75) is 25.9 Å². The zero-order valence-corrected chi connectivity index (χ0v) is 20.9. The normalized spacial score (nSPS) is 17.9. The molecular weight excluding hydrogens is 501 g/mol. The Kier molecular flexibility index (Phi) is 4.72. The zero-order valence-electron chi connectivity index (χ0n) is 20.9. The molecule has 3 aromatic carbocycles. The number of aromatic nitrogens is 1. The van der Waals surface area contributed by atoms with Crippen LogP contribution in [0.3, 0.4) is 0 Å². The van der Waals surface area contributed by atoms with E-state index in [0.717, 1.165) is 5.56 Å². The SMILES string of the molecule is Cc1ccc2oc3c(c(=O)c2c1)C1(C(=O)N(Cc2ccc(F)cc2)c2ccccc21)N(c1cc(C)on1)C3=O. The van der Waals surface area contributed by atoms with Crippen LogP contribution in [-0.4, -0.2) is 17.0 Å². The number of fused-ring (bicyclic) bond motifs is 5. The van der Waals surface area contributed by atoms with Crippen LogP contribution in [0, 0.1) is 19.7 Å². The van der Waals surface area contributed by atoms with Gasteiger partial charge in [-0.1, -0.05) is 47.1 Å². The highest BCUT2D eigenvalue weighted by Gasteiger charge is 2.66. The first kappa shape index (κ1) is 23.1. The van der Waals surface area contributed by atoms with Gasteiger partial charge in [0.05, 0.1) is 23.2 Å². The van der Waals surface area contributed by atoms with E-state index in [0.29, 0.717) is 22.6 Å². The highest BCUT2D eigenvalue weighted by Crippen LogP contribution is 2.54. The van der Waals surface area contributed by atoms with Gasteiger partial charge in [0.2, 0.25) is 5.76 Å². The molecular formula is C30H20FN3O5. The Morgan fingerprint density at radius 3 is 2.46 bits per heavy atom. The number of benzene rings is 3. The summed E-state index contributed by atoms with van der Waals surface area (Å²) in [6.07, 6.45) is 0. The van der Waals surface area contributed by atoms with E-state index >= 15 is 0 Å². The minimum atomic E-state index is -1.88. The second-order valence-electron chi connectivity index (χ2n) is 9.82. The molecule has 1 spiro atoms. The van der Waals surface area contributed by atoms with Crippen molar-refractivity contribution in [1.82, 2.24) is 5.16 Å². The molecule has 5 aromatic rings. The number of halogens is 1. The summed E-state index contributed by atoms with van der Waals surface area (Å²) < 4.78 is 25.0. The van der Waals surface area contributed by atoms with Gasteiger partial charge < -0.3 is 13.8 Å². The second-order valence-corrected chi connectivity index (χ2v) is 9.82. The van der Waals surface area contributed by atoms with E-state index in [1.807, 2.05) is 6.92 Å². The summed E-state index contributed by atoms with van der Waals surface area (Å²) in [6.45, 7) is 3.60. The summed E-state index contributed by atoms with van der Waals surface area (Å²) in [4.78, 5) is 45.8. The van der Waals surface area contributed by atoms with Crippen LogP contribution in [0.1, 0.15) is 38.6 Å². The fraction of sp³-hybridized carbons (Fsp3) is 0.133. The Bertz CT molecular complexity index is 1910. The van der Waals surface area contributed by atoms with Crippen LogP contribution in [0.4, 0.5) is 15.9 Å². The van der Waals surface area contributed by atoms with Crippen LogP contribution >= 0.6 is 0 Å². The van der Waals surface area contributed by atoms with Gasteiger partial charge in [0.15, 0.2) is 16.8 Å². The minimum absolute atomic E-state index is 0.0645. The lowest BCUT2D eigenvalue weighted by molar-refractivity contribution is -0.121. The maximum atomic E-state index is 14.7. The Morgan fingerprint density at radius 2 is 1.72 bits per heavy atom. The number of aryl methyl sites for hydroxylation is 2. The van der Waals surface area contributed by atoms with Gasteiger partial charge in [-0.2, -0.15) is 0 Å². The summed E-state index contributed by atoms with van der Waals surface area (Å²) in [5.74, 6) is -1.32. The number of carbonyl (C=O) groups excluding carboxylic acids is 2. The number of nitrogens with zero attached hydrogens (tertiary/aromatic N) is 3. The molecule has 4 heterocycles. The van der Waals surface area contributed by atoms with Crippen LogP contribution < -0.4 is 15.2 Å². The number of hydrogen-bond donors (Lipinski definition) is 0. The molecule has 0 saturated heterocycles. The lowest BCUT2D eigenvalue weighted by atomic mass is 9.84. The van der Waals surface area contributed by atoms with Crippen molar-refractivity contribution < 1.29 is 22.9 Å². The first-order valence-electron chi connectivity index (χ1n) is 12.3. The van der Waals surface area contributed by atoms with Gasteiger partial charge in [-0.25, -0.2) is 4.39 Å². The molecule has 0 N–H and O–H groups in total. The van der Waals surface area contributed by atoms with E-state index in [1.165, 1.54) is 21.9 Å². The van der Waals surface area contributed by atoms with Gasteiger partial charge in [0, 0.05) is 11.6 Å². The molecule has 192 valence electrons. The molecule has 0 fully saturated rings. The number of amides is 2. The van der Waals surface area contributed by atoms with Crippen molar-refractivity contribution in [2.24, 2.45) is 0 Å². The molecule has 0 saturated carbocycles. The average molecular weight is 522 g/mol. The largest absolute Gasteiger partial charge is 0.450 e. The first-order chi connectivity index (χ1) is 18.8. The van der Waals surface area contributed by atoms with E-state index in [2.05, 4.69) is 5.16 Å². The monoisotopic (exact) mass is 521 g/mol. The smallest absolute Gasteiger partial charge is 0.297 e. The summed E-state index contributed by atoms with van der Waals surface area (Å²) in [6, 6.07) is 19.5. The second kappa shape index (κ2) is 7.97. The Balaban J connectivity index is 1.56. The fourth-order valence-corrected chi connectivity index (χ4v) is 5.71. The topological polar surface area (TPSA) is 96.9 Å². The lowest BCUT2D eigenvalue weighted by Crippen LogP contribution is -2.53. The third kappa shape index (κ3) is 3.04. The molecule has 0 radical (unpaired) electrons. The van der Waals surface area contributed by atoms with Crippen LogP contribution in [0.2, 0.25) is 0 Å². The van der Waals surface area contributed by atoms with E-state index in [4.69, 9.17) is 8.94 Å². The third-order valence-electron chi connectivity index (χ3n) is 7.38. The molecule has 8 nitrogen and oxygen atoms in total. The van der Waals surface area contributed by atoms with Gasteiger partial charge >= 0.3 is 0 Å². The molecule has 2 aromatic heterocycles. The van der Waals surface area contributed by atoms with Crippen molar-refractivity contribution in [3.63, 3.8) is 0 Å². The van der Waals surface area contributed by atoms with Crippen molar-refractivity contribution in [2.75, 3.05) is 9.80 Å². The summed E-state index contributed by atoms with van der Waals surface area (Å²) >= 11 is 0. The molecule has 1 atom stereocenters. The quantitative estimate of drug-likeness (QED) is 0.332. The number of para-hydroxylation sites is 1. The number of anilines is 2. The van der Waals surface area contributed by atoms with Gasteiger partial charge in [-0.15, -0.1) is 0 Å². The minimum Gasteiger partial charge on any atom is -0.450 e. The predicted molar refractivity (Wildman–Crippen MR) is 140 cm³/mol. The van der Waals surface area contributed by atoms with Crippen LogP contribution in [0.5, 0.6) is 0 Å². The van der Waals surface area contributed by atoms with E-state index < -0.39 is 28.6 Å². The summed E-state index contributed by atoms with van der Waals surface area (Å²) in [7, 11) is 0. The highest BCUT2D eigenvalue weighted by molar-refractivity contribution is 6.24. The lowest BCUT2D eigenvalue weighted by Gasteiger charge is -2.32. The van der Waals surface area contributed by atoms with Crippen molar-refractivity contribution >= 4 is 34.3 Å². The van der Waals surface area contributed by atoms with E-state index in [-0.39, 0.29) is 34.7 Å². The predicted octanol–water partition coefficient (Wildman–Crippen LogP) is 4.99. The average Bonchev–Trinajstić information content (AvgIpc) is 3.54. The maximum Gasteiger partial charge on any atom is 0.297 e. The first-order valence-corrected chi connectivity index (χ1v) is 12.3.